The van der Waals surface area contributed by atoms with E-state index in [2.05, 4.69) is 39.4 Å². The second kappa shape index (κ2) is 7.24. The van der Waals surface area contributed by atoms with Crippen LogP contribution in [0.3, 0.4) is 0 Å². The van der Waals surface area contributed by atoms with Gasteiger partial charge in [0.1, 0.15) is 0 Å². The molecule has 0 aliphatic rings. The van der Waals surface area contributed by atoms with Crippen molar-refractivity contribution in [3.63, 3.8) is 0 Å². The fourth-order valence-electron chi connectivity index (χ4n) is 1.36. The molecule has 1 amide bonds. The van der Waals surface area contributed by atoms with Gasteiger partial charge in [-0.3, -0.25) is 4.90 Å². The highest BCUT2D eigenvalue weighted by Crippen LogP contribution is 2.11. The number of carbonyl (C=O) groups excluding carboxylic acids is 1. The highest BCUT2D eigenvalue weighted by atomic mass is 32.1. The molecule has 0 spiro atoms. The summed E-state index contributed by atoms with van der Waals surface area (Å²) in [5.74, 6) is 0. The first-order valence-electron chi connectivity index (χ1n) is 5.32. The summed E-state index contributed by atoms with van der Waals surface area (Å²) < 4.78 is 4.51. The van der Waals surface area contributed by atoms with E-state index in [1.807, 2.05) is 0 Å². The number of nitrogens with zero attached hydrogens (tertiary/aromatic N) is 1. The minimum atomic E-state index is -0.368. The first-order chi connectivity index (χ1) is 7.76. The third-order valence-corrected chi connectivity index (χ3v) is 3.15. The molecule has 0 bridgehead atoms. The van der Waals surface area contributed by atoms with E-state index in [4.69, 9.17) is 0 Å². The van der Waals surface area contributed by atoms with E-state index in [-0.39, 0.29) is 6.09 Å². The molecule has 0 unspecified atom stereocenters. The molecule has 4 nitrogen and oxygen atoms in total. The number of hydrogen-bond acceptors (Lipinski definition) is 4. The minimum absolute atomic E-state index is 0.368. The van der Waals surface area contributed by atoms with Crippen molar-refractivity contribution in [2.45, 2.75) is 13.5 Å². The Hall–Kier alpha value is -1.07. The number of hydrogen-bond donors (Lipinski definition) is 1. The fraction of sp³-hybridized carbons (Fsp3) is 0.545. The Morgan fingerprint density at radius 2 is 2.44 bits per heavy atom. The van der Waals surface area contributed by atoms with Crippen LogP contribution in [0.2, 0.25) is 0 Å². The van der Waals surface area contributed by atoms with E-state index in [9.17, 15) is 4.79 Å². The highest BCUT2D eigenvalue weighted by molar-refractivity contribution is 7.09. The number of thiophene rings is 1. The first-order valence-corrected chi connectivity index (χ1v) is 6.20. The molecular weight excluding hydrogens is 224 g/mol. The Balaban J connectivity index is 2.24. The van der Waals surface area contributed by atoms with Crippen molar-refractivity contribution in [1.29, 1.82) is 0 Å². The van der Waals surface area contributed by atoms with Crippen LogP contribution in [0.1, 0.15) is 11.8 Å². The van der Waals surface area contributed by atoms with Gasteiger partial charge < -0.3 is 10.1 Å². The average molecular weight is 242 g/mol. The summed E-state index contributed by atoms with van der Waals surface area (Å²) in [6.07, 6.45) is -0.368. The van der Waals surface area contributed by atoms with E-state index in [1.165, 1.54) is 12.0 Å². The maximum absolute atomic E-state index is 10.8. The molecule has 1 heterocycles. The van der Waals surface area contributed by atoms with Gasteiger partial charge in [0.25, 0.3) is 0 Å². The van der Waals surface area contributed by atoms with Crippen LogP contribution in [-0.4, -0.2) is 37.7 Å². The van der Waals surface area contributed by atoms with Crippen molar-refractivity contribution in [1.82, 2.24) is 10.2 Å². The van der Waals surface area contributed by atoms with Crippen molar-refractivity contribution < 1.29 is 9.53 Å². The number of ether oxygens (including phenoxy) is 1. The standard InChI is InChI=1S/C11H18N2O2S/c1-3-13(7-6-12-11(14)15-2)9-10-5-4-8-16-10/h4-5,8H,3,6-7,9H2,1-2H3,(H,12,14). The van der Waals surface area contributed by atoms with Crippen molar-refractivity contribution in [3.05, 3.63) is 22.4 Å². The van der Waals surface area contributed by atoms with Crippen LogP contribution in [-0.2, 0) is 11.3 Å². The molecule has 1 aromatic rings. The van der Waals surface area contributed by atoms with E-state index < -0.39 is 0 Å². The van der Waals surface area contributed by atoms with Crippen LogP contribution in [0, 0.1) is 0 Å². The summed E-state index contributed by atoms with van der Waals surface area (Å²) in [6, 6.07) is 4.18. The number of amides is 1. The molecule has 0 radical (unpaired) electrons. The second-order valence-corrected chi connectivity index (χ2v) is 4.40. The maximum Gasteiger partial charge on any atom is 0.406 e. The third kappa shape index (κ3) is 4.63. The number of alkyl carbamates (subject to hydrolysis) is 1. The lowest BCUT2D eigenvalue weighted by molar-refractivity contribution is 0.168. The van der Waals surface area contributed by atoms with Crippen LogP contribution in [0.25, 0.3) is 0 Å². The van der Waals surface area contributed by atoms with E-state index in [0.717, 1.165) is 19.6 Å². The number of nitrogens with one attached hydrogen (secondary N) is 1. The Morgan fingerprint density at radius 3 is 3.00 bits per heavy atom. The van der Waals surface area contributed by atoms with Crippen LogP contribution in [0.5, 0.6) is 0 Å². The Morgan fingerprint density at radius 1 is 1.62 bits per heavy atom. The normalized spacial score (nSPS) is 10.4. The molecule has 0 saturated heterocycles. The Kier molecular flexibility index (Phi) is 5.88. The summed E-state index contributed by atoms with van der Waals surface area (Å²) in [5, 5.41) is 4.76. The highest BCUT2D eigenvalue weighted by Gasteiger charge is 2.05. The predicted molar refractivity (Wildman–Crippen MR) is 65.7 cm³/mol. The summed E-state index contributed by atoms with van der Waals surface area (Å²) in [6.45, 7) is 5.49. The predicted octanol–water partition coefficient (Wildman–Crippen LogP) is 1.93. The lowest BCUT2D eigenvalue weighted by Crippen LogP contribution is -2.34. The zero-order valence-electron chi connectivity index (χ0n) is 9.73. The van der Waals surface area contributed by atoms with Gasteiger partial charge >= 0.3 is 6.09 Å². The molecule has 5 heteroatoms. The van der Waals surface area contributed by atoms with E-state index in [1.54, 1.807) is 11.3 Å². The molecule has 0 aliphatic carbocycles. The molecule has 0 saturated carbocycles. The van der Waals surface area contributed by atoms with Crippen LogP contribution in [0.4, 0.5) is 4.79 Å². The molecule has 0 aliphatic heterocycles. The Labute approximate surface area is 100 Å². The summed E-state index contributed by atoms with van der Waals surface area (Å²) in [4.78, 5) is 14.5. The lowest BCUT2D eigenvalue weighted by Gasteiger charge is -2.19. The number of carbonyl (C=O) groups is 1. The molecule has 16 heavy (non-hydrogen) atoms. The SMILES string of the molecule is CCN(CCNC(=O)OC)Cc1cccs1. The maximum atomic E-state index is 10.8. The molecular formula is C11H18N2O2S. The number of rotatable bonds is 6. The largest absolute Gasteiger partial charge is 0.453 e. The fourth-order valence-corrected chi connectivity index (χ4v) is 2.11. The Bertz CT molecular complexity index is 301. The van der Waals surface area contributed by atoms with Gasteiger partial charge in [0.15, 0.2) is 0 Å². The quantitative estimate of drug-likeness (QED) is 0.828. The zero-order chi connectivity index (χ0) is 11.8. The topological polar surface area (TPSA) is 41.6 Å². The van der Waals surface area contributed by atoms with Crippen molar-refractivity contribution in [2.24, 2.45) is 0 Å². The smallest absolute Gasteiger partial charge is 0.406 e. The molecule has 0 atom stereocenters. The summed E-state index contributed by atoms with van der Waals surface area (Å²) in [5.41, 5.74) is 0. The van der Waals surface area contributed by atoms with Gasteiger partial charge in [-0.2, -0.15) is 0 Å². The zero-order valence-corrected chi connectivity index (χ0v) is 10.5. The first kappa shape index (κ1) is 13.0. The molecule has 0 fully saturated rings. The van der Waals surface area contributed by atoms with Gasteiger partial charge in [-0.25, -0.2) is 4.79 Å². The van der Waals surface area contributed by atoms with Crippen LogP contribution in [0.15, 0.2) is 17.5 Å². The van der Waals surface area contributed by atoms with Crippen molar-refractivity contribution in [3.8, 4) is 0 Å². The van der Waals surface area contributed by atoms with Gasteiger partial charge in [-0.1, -0.05) is 13.0 Å². The van der Waals surface area contributed by atoms with Gasteiger partial charge in [0.05, 0.1) is 7.11 Å². The summed E-state index contributed by atoms with van der Waals surface area (Å²) >= 11 is 1.76. The molecule has 1 N–H and O–H groups in total. The monoisotopic (exact) mass is 242 g/mol. The van der Waals surface area contributed by atoms with Gasteiger partial charge in [-0.05, 0) is 18.0 Å². The summed E-state index contributed by atoms with van der Waals surface area (Å²) in [7, 11) is 1.37. The van der Waals surface area contributed by atoms with Gasteiger partial charge in [0.2, 0.25) is 0 Å². The van der Waals surface area contributed by atoms with Gasteiger partial charge in [0, 0.05) is 24.5 Å². The lowest BCUT2D eigenvalue weighted by atomic mass is 10.4. The third-order valence-electron chi connectivity index (χ3n) is 2.29. The van der Waals surface area contributed by atoms with Crippen LogP contribution >= 0.6 is 11.3 Å². The average Bonchev–Trinajstić information content (AvgIpc) is 2.80. The van der Waals surface area contributed by atoms with Crippen LogP contribution < -0.4 is 5.32 Å². The molecule has 90 valence electrons. The van der Waals surface area contributed by atoms with E-state index >= 15 is 0 Å². The van der Waals surface area contributed by atoms with Crippen molar-refractivity contribution in [2.75, 3.05) is 26.7 Å². The molecule has 1 aromatic heterocycles. The number of likely N-dealkylation sites (N-methyl/N-ethyl adjacent to an activating group) is 1. The second-order valence-electron chi connectivity index (χ2n) is 3.37. The van der Waals surface area contributed by atoms with Crippen molar-refractivity contribution >= 4 is 17.4 Å². The number of methoxy groups -OCH3 is 1. The minimum Gasteiger partial charge on any atom is -0.453 e. The molecule has 0 aromatic carbocycles. The molecule has 1 rings (SSSR count). The van der Waals surface area contributed by atoms with Gasteiger partial charge in [-0.15, -0.1) is 11.3 Å². The van der Waals surface area contributed by atoms with E-state index in [0.29, 0.717) is 6.54 Å².